The third-order valence-corrected chi connectivity index (χ3v) is 5.69. The number of ether oxygens (including phenoxy) is 3. The van der Waals surface area contributed by atoms with Gasteiger partial charge in [0, 0.05) is 37.7 Å². The van der Waals surface area contributed by atoms with Crippen LogP contribution in [0.4, 0.5) is 0 Å². The Hall–Kier alpha value is -1.66. The Balaban J connectivity index is 0.00000261. The molecule has 1 amide bonds. The first kappa shape index (κ1) is 21.6. The Morgan fingerprint density at radius 1 is 1.15 bits per heavy atom. The molecule has 1 saturated carbocycles. The lowest BCUT2D eigenvalue weighted by Crippen LogP contribution is -2.35. The van der Waals surface area contributed by atoms with Crippen molar-refractivity contribution >= 4 is 18.3 Å². The third kappa shape index (κ3) is 5.20. The molecule has 1 atom stereocenters. The Labute approximate surface area is 167 Å². The fourth-order valence-corrected chi connectivity index (χ4v) is 3.91. The number of nitrogens with one attached hydrogen (secondary N) is 1. The summed E-state index contributed by atoms with van der Waals surface area (Å²) in [5, 5.41) is 3.38. The molecule has 0 bridgehead atoms. The van der Waals surface area contributed by atoms with E-state index in [1.165, 1.54) is 0 Å². The van der Waals surface area contributed by atoms with Crippen LogP contribution in [0.1, 0.15) is 25.7 Å². The van der Waals surface area contributed by atoms with Crippen molar-refractivity contribution in [3.63, 3.8) is 0 Å². The van der Waals surface area contributed by atoms with Gasteiger partial charge in [0.2, 0.25) is 5.91 Å². The Kier molecular flexibility index (Phi) is 7.62. The number of amides is 1. The van der Waals surface area contributed by atoms with Crippen LogP contribution >= 0.6 is 12.4 Å². The highest BCUT2D eigenvalue weighted by Gasteiger charge is 2.58. The zero-order valence-electron chi connectivity index (χ0n) is 16.5. The van der Waals surface area contributed by atoms with E-state index < -0.39 is 0 Å². The molecule has 27 heavy (non-hydrogen) atoms. The zero-order chi connectivity index (χ0) is 18.6. The summed E-state index contributed by atoms with van der Waals surface area (Å²) in [4.78, 5) is 14.5. The number of hydrogen-bond donors (Lipinski definition) is 1. The number of methoxy groups -OCH3 is 2. The maximum atomic E-state index is 12.6. The van der Waals surface area contributed by atoms with E-state index in [9.17, 15) is 4.79 Å². The number of nitrogens with zero attached hydrogens (tertiary/aromatic N) is 1. The molecule has 152 valence electrons. The second kappa shape index (κ2) is 9.51. The average molecular weight is 399 g/mol. The van der Waals surface area contributed by atoms with Gasteiger partial charge in [0.15, 0.2) is 0 Å². The van der Waals surface area contributed by atoms with Gasteiger partial charge in [-0.1, -0.05) is 0 Å². The van der Waals surface area contributed by atoms with Crippen LogP contribution in [0, 0.1) is 11.3 Å². The zero-order valence-corrected chi connectivity index (χ0v) is 17.3. The van der Waals surface area contributed by atoms with Crippen LogP contribution in [0.15, 0.2) is 18.2 Å². The summed E-state index contributed by atoms with van der Waals surface area (Å²) in [5.74, 6) is 2.65. The van der Waals surface area contributed by atoms with Crippen molar-refractivity contribution < 1.29 is 19.0 Å². The van der Waals surface area contributed by atoms with Gasteiger partial charge in [-0.2, -0.15) is 0 Å². The van der Waals surface area contributed by atoms with Gasteiger partial charge >= 0.3 is 0 Å². The monoisotopic (exact) mass is 398 g/mol. The molecule has 1 unspecified atom stereocenters. The Bertz CT molecular complexity index is 612. The summed E-state index contributed by atoms with van der Waals surface area (Å²) < 4.78 is 16.3. The van der Waals surface area contributed by atoms with Gasteiger partial charge in [0.25, 0.3) is 0 Å². The van der Waals surface area contributed by atoms with Crippen LogP contribution < -0.4 is 19.5 Å². The van der Waals surface area contributed by atoms with Gasteiger partial charge < -0.3 is 24.4 Å². The van der Waals surface area contributed by atoms with Crippen molar-refractivity contribution in [1.29, 1.82) is 0 Å². The van der Waals surface area contributed by atoms with Crippen molar-refractivity contribution in [1.82, 2.24) is 10.2 Å². The summed E-state index contributed by atoms with van der Waals surface area (Å²) in [5.41, 5.74) is 0.296. The first-order valence-corrected chi connectivity index (χ1v) is 9.39. The Morgan fingerprint density at radius 2 is 1.74 bits per heavy atom. The molecule has 1 aromatic carbocycles. The van der Waals surface area contributed by atoms with E-state index in [0.29, 0.717) is 41.7 Å². The minimum absolute atomic E-state index is 0. The molecular formula is C20H31ClN2O4. The quantitative estimate of drug-likeness (QED) is 0.682. The molecule has 7 heteroatoms. The third-order valence-electron chi connectivity index (χ3n) is 5.69. The molecule has 2 aliphatic rings. The SMILES string of the molecule is COc1cc(OC)cc(OCCCN(C)C(=O)C2CC23CCNCC3)c1.Cl. The molecule has 3 rings (SSSR count). The fourth-order valence-electron chi connectivity index (χ4n) is 3.91. The van der Waals surface area contributed by atoms with Gasteiger partial charge in [0.05, 0.1) is 20.8 Å². The van der Waals surface area contributed by atoms with E-state index in [-0.39, 0.29) is 18.3 Å². The Morgan fingerprint density at radius 3 is 2.33 bits per heavy atom. The molecule has 0 radical (unpaired) electrons. The summed E-state index contributed by atoms with van der Waals surface area (Å²) in [6, 6.07) is 5.48. The molecule has 1 heterocycles. The largest absolute Gasteiger partial charge is 0.496 e. The molecule has 0 aromatic heterocycles. The van der Waals surface area contributed by atoms with E-state index in [4.69, 9.17) is 14.2 Å². The van der Waals surface area contributed by atoms with Crippen LogP contribution in [0.5, 0.6) is 17.2 Å². The summed E-state index contributed by atoms with van der Waals surface area (Å²) >= 11 is 0. The number of halogens is 1. The number of benzene rings is 1. The second-order valence-electron chi connectivity index (χ2n) is 7.38. The van der Waals surface area contributed by atoms with Gasteiger partial charge in [-0.05, 0) is 44.2 Å². The van der Waals surface area contributed by atoms with Crippen molar-refractivity contribution in [2.45, 2.75) is 25.7 Å². The highest BCUT2D eigenvalue weighted by molar-refractivity contribution is 5.85. The molecular weight excluding hydrogens is 368 g/mol. The minimum atomic E-state index is 0. The van der Waals surface area contributed by atoms with E-state index in [2.05, 4.69) is 5.32 Å². The van der Waals surface area contributed by atoms with Crippen molar-refractivity contribution in [2.75, 3.05) is 47.5 Å². The van der Waals surface area contributed by atoms with E-state index in [1.54, 1.807) is 14.2 Å². The molecule has 1 aliphatic heterocycles. The molecule has 1 saturated heterocycles. The lowest BCUT2D eigenvalue weighted by atomic mass is 9.91. The lowest BCUT2D eigenvalue weighted by Gasteiger charge is -2.25. The molecule has 2 fully saturated rings. The number of rotatable bonds is 8. The summed E-state index contributed by atoms with van der Waals surface area (Å²) in [6.45, 7) is 3.36. The molecule has 1 spiro atoms. The first-order chi connectivity index (χ1) is 12.6. The standard InChI is InChI=1S/C20H30N2O4.ClH/c1-22(19(23)18-14-20(18)5-7-21-8-6-20)9-4-10-26-17-12-15(24-2)11-16(13-17)25-3;/h11-13,18,21H,4-10,14H2,1-3H3;1H. The maximum absolute atomic E-state index is 12.6. The van der Waals surface area contributed by atoms with Crippen molar-refractivity contribution in [3.05, 3.63) is 18.2 Å². The minimum Gasteiger partial charge on any atom is -0.496 e. The fraction of sp³-hybridized carbons (Fsp3) is 0.650. The predicted octanol–water partition coefficient (Wildman–Crippen LogP) is 2.74. The molecule has 6 nitrogen and oxygen atoms in total. The smallest absolute Gasteiger partial charge is 0.226 e. The maximum Gasteiger partial charge on any atom is 0.226 e. The summed E-state index contributed by atoms with van der Waals surface area (Å²) in [6.07, 6.45) is 4.14. The average Bonchev–Trinajstić information content (AvgIpc) is 3.37. The van der Waals surface area contributed by atoms with Crippen LogP contribution in [-0.4, -0.2) is 58.3 Å². The predicted molar refractivity (Wildman–Crippen MR) is 107 cm³/mol. The lowest BCUT2D eigenvalue weighted by molar-refractivity contribution is -0.132. The van der Waals surface area contributed by atoms with Crippen molar-refractivity contribution in [3.8, 4) is 17.2 Å². The molecule has 1 aliphatic carbocycles. The molecule has 1 N–H and O–H groups in total. The van der Waals surface area contributed by atoms with Gasteiger partial charge in [-0.3, -0.25) is 4.79 Å². The normalized spacial score (nSPS) is 19.7. The second-order valence-corrected chi connectivity index (χ2v) is 7.38. The van der Waals surface area contributed by atoms with Crippen LogP contribution in [0.3, 0.4) is 0 Å². The van der Waals surface area contributed by atoms with Crippen LogP contribution in [0.25, 0.3) is 0 Å². The van der Waals surface area contributed by atoms with E-state index in [0.717, 1.165) is 38.8 Å². The number of piperidine rings is 1. The molecule has 1 aromatic rings. The van der Waals surface area contributed by atoms with E-state index in [1.807, 2.05) is 30.1 Å². The van der Waals surface area contributed by atoms with E-state index >= 15 is 0 Å². The highest BCUT2D eigenvalue weighted by Crippen LogP contribution is 2.59. The topological polar surface area (TPSA) is 60.0 Å². The first-order valence-electron chi connectivity index (χ1n) is 9.39. The van der Waals surface area contributed by atoms with Gasteiger partial charge in [-0.25, -0.2) is 0 Å². The summed E-state index contributed by atoms with van der Waals surface area (Å²) in [7, 11) is 5.14. The van der Waals surface area contributed by atoms with Gasteiger partial charge in [-0.15, -0.1) is 12.4 Å². The van der Waals surface area contributed by atoms with Crippen LogP contribution in [-0.2, 0) is 4.79 Å². The number of hydrogen-bond acceptors (Lipinski definition) is 5. The highest BCUT2D eigenvalue weighted by atomic mass is 35.5. The van der Waals surface area contributed by atoms with Gasteiger partial charge in [0.1, 0.15) is 17.2 Å². The van der Waals surface area contributed by atoms with Crippen molar-refractivity contribution in [2.24, 2.45) is 11.3 Å². The number of carbonyl (C=O) groups is 1. The van der Waals surface area contributed by atoms with Crippen LogP contribution in [0.2, 0.25) is 0 Å². The number of carbonyl (C=O) groups excluding carboxylic acids is 1.